The molecule has 4 nitrogen and oxygen atoms in total. The van der Waals surface area contributed by atoms with E-state index in [4.69, 9.17) is 28.3 Å². The van der Waals surface area contributed by atoms with Gasteiger partial charge in [-0.25, -0.2) is 17.6 Å². The van der Waals surface area contributed by atoms with E-state index in [1.54, 1.807) is 19.2 Å². The minimum atomic E-state index is -2.98. The van der Waals surface area contributed by atoms with Crippen LogP contribution in [-0.4, -0.2) is 51.6 Å². The van der Waals surface area contributed by atoms with Crippen molar-refractivity contribution < 1.29 is 17.6 Å². The molecule has 3 unspecified atom stereocenters. The van der Waals surface area contributed by atoms with E-state index in [0.29, 0.717) is 21.8 Å². The van der Waals surface area contributed by atoms with Gasteiger partial charge in [-0.15, -0.1) is 0 Å². The van der Waals surface area contributed by atoms with Crippen molar-refractivity contribution >= 4 is 34.2 Å². The fourth-order valence-corrected chi connectivity index (χ4v) is 5.91. The maximum absolute atomic E-state index is 14.1. The Kier molecular flexibility index (Phi) is 6.02. The highest BCUT2D eigenvalue weighted by Crippen LogP contribution is 2.53. The zero-order valence-electron chi connectivity index (χ0n) is 18.9. The molecular weight excluding hydrogens is 463 g/mol. The third-order valence-corrected chi connectivity index (χ3v) is 7.96. The lowest BCUT2D eigenvalue weighted by Gasteiger charge is -2.47. The van der Waals surface area contributed by atoms with E-state index < -0.39 is 64.7 Å². The molecule has 2 heterocycles. The standard InChI is InChI=1S/C22H22B3F4N3OS/c1-11-17(34(2)30)14(33)7-13(31-11)12-3-4-16(19(24)9-21(28,29)10-19)32-18(12)22(25)6-5-20(26,27)8-15(22)23/h3-4,7,15,30H,5-6,8-10H2,1-2H3,(H,31,33). The number of nitrogens with one attached hydrogen (secondary N) is 2. The molecule has 34 heavy (non-hydrogen) atoms. The molecule has 3 atom stereocenters. The fraction of sp³-hybridized carbons (Fsp3) is 0.545. The van der Waals surface area contributed by atoms with Crippen molar-refractivity contribution in [3.8, 4) is 11.3 Å². The Morgan fingerprint density at radius 1 is 1.15 bits per heavy atom. The smallest absolute Gasteiger partial charge is 0.248 e. The summed E-state index contributed by atoms with van der Waals surface area (Å²) in [6, 6.07) is 4.37. The van der Waals surface area contributed by atoms with Crippen LogP contribution in [0.15, 0.2) is 27.9 Å². The molecule has 0 aliphatic heterocycles. The van der Waals surface area contributed by atoms with Crippen molar-refractivity contribution in [1.29, 1.82) is 4.78 Å². The number of pyridine rings is 2. The first-order valence-corrected chi connectivity index (χ1v) is 12.4. The number of hydrogen-bond donors (Lipinski definition) is 2. The second-order valence-electron chi connectivity index (χ2n) is 9.68. The fourth-order valence-electron chi connectivity index (χ4n) is 5.04. The van der Waals surface area contributed by atoms with Crippen LogP contribution in [0.4, 0.5) is 17.6 Å². The molecule has 0 amide bonds. The van der Waals surface area contributed by atoms with E-state index in [9.17, 15) is 22.4 Å². The summed E-state index contributed by atoms with van der Waals surface area (Å²) in [5.74, 6) is -7.07. The summed E-state index contributed by atoms with van der Waals surface area (Å²) in [7, 11) is 17.9. The number of alkyl halides is 4. The minimum absolute atomic E-state index is 0.136. The molecule has 2 fully saturated rings. The van der Waals surface area contributed by atoms with Gasteiger partial charge < -0.3 is 4.98 Å². The van der Waals surface area contributed by atoms with Crippen molar-refractivity contribution in [1.82, 2.24) is 9.97 Å². The van der Waals surface area contributed by atoms with Crippen LogP contribution in [0.3, 0.4) is 0 Å². The van der Waals surface area contributed by atoms with Crippen LogP contribution in [0.25, 0.3) is 11.3 Å². The summed E-state index contributed by atoms with van der Waals surface area (Å²) in [6.07, 6.45) is -0.955. The van der Waals surface area contributed by atoms with E-state index in [1.807, 2.05) is 0 Å². The summed E-state index contributed by atoms with van der Waals surface area (Å²) in [5, 5.41) is -2.88. The zero-order chi connectivity index (χ0) is 25.3. The maximum Gasteiger partial charge on any atom is 0.248 e. The number of aryl methyl sites for hydroxylation is 1. The summed E-state index contributed by atoms with van der Waals surface area (Å²) in [4.78, 5) is 20.7. The van der Waals surface area contributed by atoms with E-state index in [-0.39, 0.29) is 23.2 Å². The third kappa shape index (κ3) is 4.31. The van der Waals surface area contributed by atoms with Crippen LogP contribution in [0, 0.1) is 11.7 Å². The van der Waals surface area contributed by atoms with Crippen molar-refractivity contribution in [3.63, 3.8) is 0 Å². The van der Waals surface area contributed by atoms with Gasteiger partial charge >= 0.3 is 0 Å². The number of rotatable bonds is 4. The molecule has 174 valence electrons. The predicted molar refractivity (Wildman–Crippen MR) is 127 cm³/mol. The van der Waals surface area contributed by atoms with Gasteiger partial charge in [-0.2, -0.15) is 0 Å². The van der Waals surface area contributed by atoms with Gasteiger partial charge in [0.2, 0.25) is 11.8 Å². The lowest BCUT2D eigenvalue weighted by Crippen LogP contribution is -2.51. The highest BCUT2D eigenvalue weighted by Gasteiger charge is 2.55. The topological polar surface area (TPSA) is 69.6 Å². The van der Waals surface area contributed by atoms with E-state index in [2.05, 4.69) is 9.97 Å². The molecule has 6 radical (unpaired) electrons. The van der Waals surface area contributed by atoms with Gasteiger partial charge in [0.25, 0.3) is 0 Å². The average molecular weight is 485 g/mol. The summed E-state index contributed by atoms with van der Waals surface area (Å²) >= 11 is 0. The molecule has 2 aromatic heterocycles. The zero-order valence-corrected chi connectivity index (χ0v) is 19.7. The second-order valence-corrected chi connectivity index (χ2v) is 11.1. The molecule has 0 spiro atoms. The van der Waals surface area contributed by atoms with Crippen LogP contribution in [-0.2, 0) is 21.3 Å². The number of aromatic amines is 1. The van der Waals surface area contributed by atoms with Gasteiger partial charge in [-0.3, -0.25) is 14.6 Å². The molecule has 2 saturated carbocycles. The molecule has 2 N–H and O–H groups in total. The highest BCUT2D eigenvalue weighted by molar-refractivity contribution is 7.85. The van der Waals surface area contributed by atoms with Crippen molar-refractivity contribution in [2.24, 2.45) is 0 Å². The summed E-state index contributed by atoms with van der Waals surface area (Å²) < 4.78 is 63.3. The molecule has 0 bridgehead atoms. The largest absolute Gasteiger partial charge is 0.357 e. The van der Waals surface area contributed by atoms with E-state index >= 15 is 0 Å². The lowest BCUT2D eigenvalue weighted by atomic mass is 9.46. The van der Waals surface area contributed by atoms with Crippen LogP contribution in [0.5, 0.6) is 0 Å². The maximum atomic E-state index is 14.1. The van der Waals surface area contributed by atoms with Crippen LogP contribution >= 0.6 is 0 Å². The van der Waals surface area contributed by atoms with Crippen LogP contribution < -0.4 is 5.43 Å². The first-order chi connectivity index (χ1) is 15.6. The SMILES string of the molecule is [B]C1CC(F)(F)CCC1([B])c1nc(C2([B])CC(F)(F)C2)ccc1-c1cc(=O)c(S(C)=N)c(C)[nH]1. The van der Waals surface area contributed by atoms with E-state index in [0.717, 1.165) is 0 Å². The molecule has 12 heteroatoms. The molecular formula is C22H22B3F4N3OS. The Hall–Kier alpha value is -1.84. The van der Waals surface area contributed by atoms with Gasteiger partial charge in [0.05, 0.1) is 34.1 Å². The summed E-state index contributed by atoms with van der Waals surface area (Å²) in [6.45, 7) is 1.66. The normalized spacial score (nSPS) is 28.1. The minimum Gasteiger partial charge on any atom is -0.357 e. The van der Waals surface area contributed by atoms with Gasteiger partial charge in [0.1, 0.15) is 0 Å². The number of H-pyrrole nitrogens is 1. The molecule has 2 aliphatic rings. The molecule has 2 aromatic rings. The Morgan fingerprint density at radius 3 is 2.32 bits per heavy atom. The Bertz CT molecular complexity index is 1230. The van der Waals surface area contributed by atoms with Gasteiger partial charge in [0, 0.05) is 54.4 Å². The highest BCUT2D eigenvalue weighted by atomic mass is 32.2. The van der Waals surface area contributed by atoms with Gasteiger partial charge in [-0.05, 0) is 42.4 Å². The number of hydrogen-bond acceptors (Lipinski definition) is 3. The number of aromatic nitrogens is 2. The van der Waals surface area contributed by atoms with Gasteiger partial charge in [-0.1, -0.05) is 16.5 Å². The Morgan fingerprint density at radius 2 is 1.79 bits per heavy atom. The second kappa shape index (κ2) is 8.10. The third-order valence-electron chi connectivity index (χ3n) is 6.84. The predicted octanol–water partition coefficient (Wildman–Crippen LogP) is 4.05. The Labute approximate surface area is 201 Å². The average Bonchev–Trinajstić information content (AvgIpc) is 2.68. The number of halogens is 4. The van der Waals surface area contributed by atoms with Crippen LogP contribution in [0.2, 0.25) is 5.82 Å². The lowest BCUT2D eigenvalue weighted by molar-refractivity contribution is -0.102. The molecule has 4 rings (SSSR count). The summed E-state index contributed by atoms with van der Waals surface area (Å²) in [5.41, 5.74) is 1.11. The van der Waals surface area contributed by atoms with Crippen molar-refractivity contribution in [2.45, 2.75) is 72.2 Å². The molecule has 0 saturated heterocycles. The Balaban J connectivity index is 1.90. The van der Waals surface area contributed by atoms with Gasteiger partial charge in [0.15, 0.2) is 5.43 Å². The first-order valence-electron chi connectivity index (χ1n) is 10.8. The monoisotopic (exact) mass is 485 g/mol. The quantitative estimate of drug-likeness (QED) is 0.508. The van der Waals surface area contributed by atoms with Crippen molar-refractivity contribution in [3.05, 3.63) is 45.5 Å². The van der Waals surface area contributed by atoms with Crippen LogP contribution in [0.1, 0.15) is 49.2 Å². The first kappa shape index (κ1) is 25.3. The molecule has 0 aromatic carbocycles. The number of nitrogens with zero attached hydrogens (tertiary/aromatic N) is 1. The van der Waals surface area contributed by atoms with Crippen molar-refractivity contribution in [2.75, 3.05) is 6.26 Å². The molecule has 2 aliphatic carbocycles. The van der Waals surface area contributed by atoms with E-state index in [1.165, 1.54) is 12.1 Å².